The lowest BCUT2D eigenvalue weighted by Crippen LogP contribution is -1.85. The average Bonchev–Trinajstić information content (AvgIpc) is 2.30. The molecule has 0 aliphatic carbocycles. The fraction of sp³-hybridized carbons (Fsp3) is 0. The van der Waals surface area contributed by atoms with Gasteiger partial charge in [0.1, 0.15) is 17.7 Å². The smallest absolute Gasteiger partial charge is 0.150 e. The highest BCUT2D eigenvalue weighted by Crippen LogP contribution is 2.26. The lowest BCUT2D eigenvalue weighted by atomic mass is 10.1. The van der Waals surface area contributed by atoms with Gasteiger partial charge in [0.05, 0.1) is 0 Å². The summed E-state index contributed by atoms with van der Waals surface area (Å²) in [7, 11) is 0. The van der Waals surface area contributed by atoms with E-state index in [-0.39, 0.29) is 5.75 Å². The molecule has 2 aromatic rings. The first kappa shape index (κ1) is 9.40. The molecule has 15 heavy (non-hydrogen) atoms. The first-order chi connectivity index (χ1) is 7.31. The van der Waals surface area contributed by atoms with Crippen LogP contribution in [0.2, 0.25) is 0 Å². The van der Waals surface area contributed by atoms with Crippen LogP contribution in [0, 0.1) is 0 Å². The second-order valence-electron chi connectivity index (χ2n) is 3.11. The predicted octanol–water partition coefficient (Wildman–Crippen LogP) is 2.27. The van der Waals surface area contributed by atoms with Crippen LogP contribution in [-0.4, -0.2) is 16.4 Å². The van der Waals surface area contributed by atoms with Gasteiger partial charge in [-0.15, -0.1) is 0 Å². The maximum Gasteiger partial charge on any atom is 0.150 e. The second-order valence-corrected chi connectivity index (χ2v) is 3.11. The van der Waals surface area contributed by atoms with Crippen LogP contribution in [0.5, 0.6) is 5.75 Å². The van der Waals surface area contributed by atoms with E-state index < -0.39 is 0 Å². The van der Waals surface area contributed by atoms with Gasteiger partial charge in [0.25, 0.3) is 0 Å². The Kier molecular flexibility index (Phi) is 2.46. The number of aromatic nitrogens is 1. The maximum absolute atomic E-state index is 10.6. The first-order valence-corrected chi connectivity index (χ1v) is 4.51. The van der Waals surface area contributed by atoms with E-state index in [1.165, 1.54) is 0 Å². The minimum Gasteiger partial charge on any atom is -0.506 e. The zero-order valence-electron chi connectivity index (χ0n) is 7.92. The van der Waals surface area contributed by atoms with E-state index in [9.17, 15) is 9.90 Å². The molecule has 0 spiro atoms. The standard InChI is InChI=1S/C12H9NO2/c14-8-9-3-1-4-10(7-9)12-11(15)5-2-6-13-12/h1-8,15H. The highest BCUT2D eigenvalue weighted by Gasteiger charge is 2.04. The number of hydrogen-bond donors (Lipinski definition) is 1. The van der Waals surface area contributed by atoms with Gasteiger partial charge < -0.3 is 5.11 Å². The van der Waals surface area contributed by atoms with Gasteiger partial charge in [-0.05, 0) is 18.2 Å². The number of carbonyl (C=O) groups excluding carboxylic acids is 1. The van der Waals surface area contributed by atoms with Crippen LogP contribution >= 0.6 is 0 Å². The molecule has 1 aromatic carbocycles. The molecule has 0 unspecified atom stereocenters. The number of rotatable bonds is 2. The molecule has 3 nitrogen and oxygen atoms in total. The van der Waals surface area contributed by atoms with Gasteiger partial charge in [-0.25, -0.2) is 0 Å². The molecule has 0 fully saturated rings. The van der Waals surface area contributed by atoms with Crippen LogP contribution in [0.4, 0.5) is 0 Å². The third-order valence-electron chi connectivity index (χ3n) is 2.08. The summed E-state index contributed by atoms with van der Waals surface area (Å²) in [4.78, 5) is 14.7. The third kappa shape index (κ3) is 1.86. The van der Waals surface area contributed by atoms with Gasteiger partial charge in [-0.1, -0.05) is 18.2 Å². The molecule has 0 saturated carbocycles. The number of hydrogen-bond acceptors (Lipinski definition) is 3. The first-order valence-electron chi connectivity index (χ1n) is 4.51. The van der Waals surface area contributed by atoms with E-state index >= 15 is 0 Å². The highest BCUT2D eigenvalue weighted by atomic mass is 16.3. The van der Waals surface area contributed by atoms with Crippen LogP contribution in [-0.2, 0) is 0 Å². The van der Waals surface area contributed by atoms with E-state index in [1.807, 2.05) is 0 Å². The number of aldehydes is 1. The molecule has 1 N–H and O–H groups in total. The average molecular weight is 199 g/mol. The van der Waals surface area contributed by atoms with Crippen molar-refractivity contribution in [2.45, 2.75) is 0 Å². The Morgan fingerprint density at radius 1 is 1.20 bits per heavy atom. The Bertz CT molecular complexity index is 494. The number of aromatic hydroxyl groups is 1. The lowest BCUT2D eigenvalue weighted by molar-refractivity contribution is 0.112. The van der Waals surface area contributed by atoms with E-state index in [2.05, 4.69) is 4.98 Å². The van der Waals surface area contributed by atoms with Crippen molar-refractivity contribution >= 4 is 6.29 Å². The SMILES string of the molecule is O=Cc1cccc(-c2ncccc2O)c1. The van der Waals surface area contributed by atoms with Gasteiger partial charge in [0.15, 0.2) is 0 Å². The van der Waals surface area contributed by atoms with Crippen LogP contribution in [0.3, 0.4) is 0 Å². The van der Waals surface area contributed by atoms with Crippen LogP contribution in [0.15, 0.2) is 42.6 Å². The summed E-state index contributed by atoms with van der Waals surface area (Å²) in [6.45, 7) is 0. The minimum atomic E-state index is 0.112. The molecule has 0 atom stereocenters. The molecular weight excluding hydrogens is 190 g/mol. The molecule has 0 bridgehead atoms. The number of nitrogens with zero attached hydrogens (tertiary/aromatic N) is 1. The van der Waals surface area contributed by atoms with Crippen LogP contribution in [0.1, 0.15) is 10.4 Å². The van der Waals surface area contributed by atoms with Crippen molar-refractivity contribution in [3.8, 4) is 17.0 Å². The maximum atomic E-state index is 10.6. The normalized spacial score (nSPS) is 9.87. The van der Waals surface area contributed by atoms with Crippen molar-refractivity contribution in [3.05, 3.63) is 48.2 Å². The lowest BCUT2D eigenvalue weighted by Gasteiger charge is -2.03. The van der Waals surface area contributed by atoms with Crippen molar-refractivity contribution in [2.75, 3.05) is 0 Å². The topological polar surface area (TPSA) is 50.2 Å². The van der Waals surface area contributed by atoms with Crippen molar-refractivity contribution in [3.63, 3.8) is 0 Å². The quantitative estimate of drug-likeness (QED) is 0.755. The zero-order valence-corrected chi connectivity index (χ0v) is 7.92. The summed E-state index contributed by atoms with van der Waals surface area (Å²) in [5.74, 6) is 0.112. The Labute approximate surface area is 87.0 Å². The highest BCUT2D eigenvalue weighted by molar-refractivity contribution is 5.79. The zero-order chi connectivity index (χ0) is 10.7. The molecular formula is C12H9NO2. The fourth-order valence-electron chi connectivity index (χ4n) is 1.38. The largest absolute Gasteiger partial charge is 0.506 e. The Hall–Kier alpha value is -2.16. The summed E-state index contributed by atoms with van der Waals surface area (Å²) in [6.07, 6.45) is 2.37. The van der Waals surface area contributed by atoms with E-state index in [1.54, 1.807) is 42.6 Å². The molecule has 74 valence electrons. The molecule has 0 aliphatic heterocycles. The van der Waals surface area contributed by atoms with E-state index in [4.69, 9.17) is 0 Å². The van der Waals surface area contributed by atoms with E-state index in [0.717, 1.165) is 11.8 Å². The Morgan fingerprint density at radius 2 is 2.07 bits per heavy atom. The Morgan fingerprint density at radius 3 is 2.80 bits per heavy atom. The summed E-state index contributed by atoms with van der Waals surface area (Å²) < 4.78 is 0. The summed E-state index contributed by atoms with van der Waals surface area (Å²) in [5, 5.41) is 9.58. The molecule has 0 aliphatic rings. The van der Waals surface area contributed by atoms with E-state index in [0.29, 0.717) is 11.3 Å². The van der Waals surface area contributed by atoms with Crippen molar-refractivity contribution in [1.82, 2.24) is 4.98 Å². The van der Waals surface area contributed by atoms with Crippen molar-refractivity contribution in [1.29, 1.82) is 0 Å². The van der Waals surface area contributed by atoms with Crippen LogP contribution < -0.4 is 0 Å². The second kappa shape index (κ2) is 3.92. The summed E-state index contributed by atoms with van der Waals surface area (Å²) in [6, 6.07) is 10.2. The molecule has 2 rings (SSSR count). The molecule has 1 aromatic heterocycles. The molecule has 0 saturated heterocycles. The number of pyridine rings is 1. The van der Waals surface area contributed by atoms with Gasteiger partial charge in [0.2, 0.25) is 0 Å². The molecule has 0 amide bonds. The summed E-state index contributed by atoms with van der Waals surface area (Å²) >= 11 is 0. The molecule has 3 heteroatoms. The fourth-order valence-corrected chi connectivity index (χ4v) is 1.38. The summed E-state index contributed by atoms with van der Waals surface area (Å²) in [5.41, 5.74) is 1.79. The Balaban J connectivity index is 2.54. The number of benzene rings is 1. The molecule has 1 heterocycles. The van der Waals surface area contributed by atoms with Gasteiger partial charge >= 0.3 is 0 Å². The van der Waals surface area contributed by atoms with Gasteiger partial charge in [0, 0.05) is 17.3 Å². The predicted molar refractivity (Wildman–Crippen MR) is 56.7 cm³/mol. The van der Waals surface area contributed by atoms with Crippen molar-refractivity contribution in [2.24, 2.45) is 0 Å². The van der Waals surface area contributed by atoms with Gasteiger partial charge in [-0.3, -0.25) is 9.78 Å². The van der Waals surface area contributed by atoms with Crippen LogP contribution in [0.25, 0.3) is 11.3 Å². The monoisotopic (exact) mass is 199 g/mol. The van der Waals surface area contributed by atoms with Gasteiger partial charge in [-0.2, -0.15) is 0 Å². The molecule has 0 radical (unpaired) electrons. The number of carbonyl (C=O) groups is 1. The minimum absolute atomic E-state index is 0.112. The van der Waals surface area contributed by atoms with Crippen molar-refractivity contribution < 1.29 is 9.90 Å². The third-order valence-corrected chi connectivity index (χ3v) is 2.08.